The van der Waals surface area contributed by atoms with Gasteiger partial charge in [0.15, 0.2) is 0 Å². The average Bonchev–Trinajstić information content (AvgIpc) is 2.48. The average molecular weight is 175 g/mol. The van der Waals surface area contributed by atoms with Crippen molar-refractivity contribution in [3.63, 3.8) is 0 Å². The zero-order chi connectivity index (χ0) is 9.47. The Morgan fingerprint density at radius 1 is 1.23 bits per heavy atom. The molecule has 0 bridgehead atoms. The predicted octanol–water partition coefficient (Wildman–Crippen LogP) is 2.95. The van der Waals surface area contributed by atoms with Crippen molar-refractivity contribution in [2.45, 2.75) is 32.6 Å². The molecule has 0 unspecified atom stereocenters. The van der Waals surface area contributed by atoms with E-state index in [0.29, 0.717) is 0 Å². The molecule has 0 aromatic heterocycles. The maximum absolute atomic E-state index is 3.41. The third-order valence-corrected chi connectivity index (χ3v) is 2.67. The Balaban J connectivity index is 2.54. The van der Waals surface area contributed by atoms with Gasteiger partial charge in [0.1, 0.15) is 0 Å². The van der Waals surface area contributed by atoms with Gasteiger partial charge >= 0.3 is 0 Å². The SMILES string of the molecule is CC(C)(C)c1cccc2c1CCN2. The first-order valence-electron chi connectivity index (χ1n) is 4.95. The lowest BCUT2D eigenvalue weighted by atomic mass is 9.83. The minimum Gasteiger partial charge on any atom is -0.384 e. The lowest BCUT2D eigenvalue weighted by Crippen LogP contribution is -2.13. The van der Waals surface area contributed by atoms with Crippen LogP contribution in [0, 0.1) is 0 Å². The summed E-state index contributed by atoms with van der Waals surface area (Å²) < 4.78 is 0. The van der Waals surface area contributed by atoms with Crippen molar-refractivity contribution in [1.82, 2.24) is 0 Å². The van der Waals surface area contributed by atoms with Crippen LogP contribution < -0.4 is 5.32 Å². The van der Waals surface area contributed by atoms with Gasteiger partial charge in [0.05, 0.1) is 0 Å². The van der Waals surface area contributed by atoms with Crippen LogP contribution in [0.25, 0.3) is 0 Å². The molecule has 1 heterocycles. The minimum atomic E-state index is 0.275. The summed E-state index contributed by atoms with van der Waals surface area (Å²) in [7, 11) is 0. The molecular formula is C12H17N. The van der Waals surface area contributed by atoms with Crippen molar-refractivity contribution in [2.75, 3.05) is 11.9 Å². The van der Waals surface area contributed by atoms with Crippen LogP contribution in [0.2, 0.25) is 0 Å². The quantitative estimate of drug-likeness (QED) is 0.639. The van der Waals surface area contributed by atoms with Gasteiger partial charge in [-0.05, 0) is 29.0 Å². The lowest BCUT2D eigenvalue weighted by Gasteiger charge is -2.22. The Kier molecular flexibility index (Phi) is 1.83. The van der Waals surface area contributed by atoms with E-state index < -0.39 is 0 Å². The van der Waals surface area contributed by atoms with E-state index in [0.717, 1.165) is 6.54 Å². The zero-order valence-corrected chi connectivity index (χ0v) is 8.65. The Labute approximate surface area is 80.2 Å². The zero-order valence-electron chi connectivity index (χ0n) is 8.65. The summed E-state index contributed by atoms with van der Waals surface area (Å²) >= 11 is 0. The van der Waals surface area contributed by atoms with Crippen LogP contribution in [0.3, 0.4) is 0 Å². The first kappa shape index (κ1) is 8.61. The largest absolute Gasteiger partial charge is 0.384 e. The van der Waals surface area contributed by atoms with Gasteiger partial charge in [-0.1, -0.05) is 32.9 Å². The van der Waals surface area contributed by atoms with Crippen molar-refractivity contribution in [1.29, 1.82) is 0 Å². The fraction of sp³-hybridized carbons (Fsp3) is 0.500. The van der Waals surface area contributed by atoms with E-state index in [1.165, 1.54) is 23.2 Å². The molecule has 0 fully saturated rings. The Hall–Kier alpha value is -0.980. The van der Waals surface area contributed by atoms with Gasteiger partial charge in [0.2, 0.25) is 0 Å². The maximum atomic E-state index is 3.41. The predicted molar refractivity (Wildman–Crippen MR) is 57.3 cm³/mol. The van der Waals surface area contributed by atoms with Gasteiger partial charge in [-0.3, -0.25) is 0 Å². The molecule has 1 aromatic rings. The third-order valence-electron chi connectivity index (χ3n) is 2.67. The summed E-state index contributed by atoms with van der Waals surface area (Å²) in [5.41, 5.74) is 4.63. The fourth-order valence-electron chi connectivity index (χ4n) is 2.05. The number of fused-ring (bicyclic) bond motifs is 1. The highest BCUT2D eigenvalue weighted by molar-refractivity contribution is 5.59. The highest BCUT2D eigenvalue weighted by Crippen LogP contribution is 2.33. The number of benzene rings is 1. The molecule has 1 heteroatoms. The fourth-order valence-corrected chi connectivity index (χ4v) is 2.05. The second kappa shape index (κ2) is 2.76. The Bertz CT molecular complexity index is 320. The van der Waals surface area contributed by atoms with Crippen molar-refractivity contribution in [3.05, 3.63) is 29.3 Å². The van der Waals surface area contributed by atoms with Gasteiger partial charge in [-0.25, -0.2) is 0 Å². The monoisotopic (exact) mass is 175 g/mol. The molecule has 70 valence electrons. The smallest absolute Gasteiger partial charge is 0.0376 e. The molecule has 2 rings (SSSR count). The second-order valence-corrected chi connectivity index (χ2v) is 4.76. The van der Waals surface area contributed by atoms with Crippen molar-refractivity contribution in [2.24, 2.45) is 0 Å². The first-order chi connectivity index (χ1) is 6.09. The second-order valence-electron chi connectivity index (χ2n) is 4.76. The minimum absolute atomic E-state index is 0.275. The van der Waals surface area contributed by atoms with Gasteiger partial charge in [0.25, 0.3) is 0 Å². The van der Waals surface area contributed by atoms with E-state index in [4.69, 9.17) is 0 Å². The van der Waals surface area contributed by atoms with E-state index >= 15 is 0 Å². The first-order valence-corrected chi connectivity index (χ1v) is 4.95. The number of hydrogen-bond donors (Lipinski definition) is 1. The van der Waals surface area contributed by atoms with E-state index in [1.807, 2.05) is 0 Å². The Morgan fingerprint density at radius 3 is 2.69 bits per heavy atom. The van der Waals surface area contributed by atoms with E-state index in [-0.39, 0.29) is 5.41 Å². The number of nitrogens with one attached hydrogen (secondary N) is 1. The molecule has 0 spiro atoms. The molecule has 13 heavy (non-hydrogen) atoms. The molecule has 1 nitrogen and oxygen atoms in total. The van der Waals surface area contributed by atoms with Crippen LogP contribution in [0.1, 0.15) is 31.9 Å². The molecule has 1 aliphatic rings. The van der Waals surface area contributed by atoms with Crippen LogP contribution >= 0.6 is 0 Å². The molecule has 0 atom stereocenters. The molecule has 1 N–H and O–H groups in total. The van der Waals surface area contributed by atoms with Gasteiger partial charge in [-0.2, -0.15) is 0 Å². The number of hydrogen-bond acceptors (Lipinski definition) is 1. The Morgan fingerprint density at radius 2 is 2.00 bits per heavy atom. The highest BCUT2D eigenvalue weighted by atomic mass is 14.9. The summed E-state index contributed by atoms with van der Waals surface area (Å²) in [6.45, 7) is 7.94. The third kappa shape index (κ3) is 1.43. The van der Waals surface area contributed by atoms with Crippen LogP contribution in [0.5, 0.6) is 0 Å². The molecule has 0 amide bonds. The molecule has 0 aliphatic carbocycles. The molecular weight excluding hydrogens is 158 g/mol. The normalized spacial score (nSPS) is 15.3. The van der Waals surface area contributed by atoms with Crippen molar-refractivity contribution >= 4 is 5.69 Å². The van der Waals surface area contributed by atoms with Gasteiger partial charge < -0.3 is 5.32 Å². The van der Waals surface area contributed by atoms with Gasteiger partial charge in [-0.15, -0.1) is 0 Å². The standard InChI is InChI=1S/C12H17N/c1-12(2,3)10-5-4-6-11-9(10)7-8-13-11/h4-6,13H,7-8H2,1-3H3. The number of anilines is 1. The maximum Gasteiger partial charge on any atom is 0.0376 e. The summed E-state index contributed by atoms with van der Waals surface area (Å²) in [4.78, 5) is 0. The number of rotatable bonds is 0. The van der Waals surface area contributed by atoms with Crippen LogP contribution in [-0.2, 0) is 11.8 Å². The highest BCUT2D eigenvalue weighted by Gasteiger charge is 2.21. The molecule has 1 aliphatic heterocycles. The molecule has 0 saturated carbocycles. The van der Waals surface area contributed by atoms with Crippen LogP contribution in [0.15, 0.2) is 18.2 Å². The molecule has 0 saturated heterocycles. The summed E-state index contributed by atoms with van der Waals surface area (Å²) in [5, 5.41) is 3.41. The summed E-state index contributed by atoms with van der Waals surface area (Å²) in [5.74, 6) is 0. The molecule has 0 radical (unpaired) electrons. The summed E-state index contributed by atoms with van der Waals surface area (Å²) in [6, 6.07) is 6.58. The van der Waals surface area contributed by atoms with E-state index in [2.05, 4.69) is 44.3 Å². The van der Waals surface area contributed by atoms with Crippen LogP contribution in [-0.4, -0.2) is 6.54 Å². The van der Waals surface area contributed by atoms with Crippen molar-refractivity contribution < 1.29 is 0 Å². The van der Waals surface area contributed by atoms with E-state index in [9.17, 15) is 0 Å². The van der Waals surface area contributed by atoms with Crippen molar-refractivity contribution in [3.8, 4) is 0 Å². The summed E-state index contributed by atoms with van der Waals surface area (Å²) in [6.07, 6.45) is 1.18. The lowest BCUT2D eigenvalue weighted by molar-refractivity contribution is 0.585. The topological polar surface area (TPSA) is 12.0 Å². The molecule has 1 aromatic carbocycles. The van der Waals surface area contributed by atoms with Gasteiger partial charge in [0, 0.05) is 12.2 Å². The van der Waals surface area contributed by atoms with E-state index in [1.54, 1.807) is 0 Å². The van der Waals surface area contributed by atoms with Crippen LogP contribution in [0.4, 0.5) is 5.69 Å².